The van der Waals surface area contributed by atoms with E-state index in [0.29, 0.717) is 23.5 Å². The molecule has 0 radical (unpaired) electrons. The van der Waals surface area contributed by atoms with Crippen LogP contribution in [0.15, 0.2) is 36.5 Å². The lowest BCUT2D eigenvalue weighted by molar-refractivity contribution is 0.0356. The lowest BCUT2D eigenvalue weighted by Crippen LogP contribution is -2.50. The molecule has 198 valence electrons. The maximum absolute atomic E-state index is 13.4. The Balaban J connectivity index is 1.84. The van der Waals surface area contributed by atoms with Crippen LogP contribution in [-0.2, 0) is 4.74 Å². The van der Waals surface area contributed by atoms with Crippen LogP contribution in [0.2, 0.25) is 0 Å². The number of carbonyl (C=O) groups excluding carboxylic acids is 2. The average molecular weight is 511 g/mol. The summed E-state index contributed by atoms with van der Waals surface area (Å²) >= 11 is 0. The summed E-state index contributed by atoms with van der Waals surface area (Å²) in [5.74, 6) is 6.18. The van der Waals surface area contributed by atoms with Crippen molar-refractivity contribution in [3.8, 4) is 23.5 Å². The highest BCUT2D eigenvalue weighted by Crippen LogP contribution is 2.27. The first-order valence-corrected chi connectivity index (χ1v) is 12.0. The van der Waals surface area contributed by atoms with Crippen molar-refractivity contribution in [3.05, 3.63) is 47.7 Å². The van der Waals surface area contributed by atoms with E-state index >= 15 is 0 Å². The van der Waals surface area contributed by atoms with Crippen LogP contribution in [0.3, 0.4) is 0 Å². The molecular weight excluding hydrogens is 476 g/mol. The molecule has 2 heterocycles. The van der Waals surface area contributed by atoms with E-state index in [2.05, 4.69) is 22.1 Å². The number of fused-ring (bicyclic) bond motifs is 1. The summed E-state index contributed by atoms with van der Waals surface area (Å²) in [6.07, 6.45) is 1.07. The molecule has 3 rings (SSSR count). The number of carbonyl (C=O) groups is 2. The van der Waals surface area contributed by atoms with Crippen LogP contribution in [0.25, 0.3) is 0 Å². The van der Waals surface area contributed by atoms with Crippen LogP contribution >= 0.6 is 0 Å². The molecule has 10 nitrogen and oxygen atoms in total. The van der Waals surface area contributed by atoms with Gasteiger partial charge in [0.15, 0.2) is 0 Å². The second kappa shape index (κ2) is 12.9. The predicted molar refractivity (Wildman–Crippen MR) is 139 cm³/mol. The molecule has 2 aromatic rings. The average Bonchev–Trinajstić information content (AvgIpc) is 2.90. The quantitative estimate of drug-likeness (QED) is 0.550. The number of hydrogen-bond donors (Lipinski definition) is 2. The molecule has 0 bridgehead atoms. The molecule has 0 fully saturated rings. The Morgan fingerprint density at radius 3 is 2.73 bits per heavy atom. The maximum atomic E-state index is 13.4. The molecule has 3 atom stereocenters. The van der Waals surface area contributed by atoms with Crippen LogP contribution < -0.4 is 14.8 Å². The summed E-state index contributed by atoms with van der Waals surface area (Å²) in [5, 5.41) is 12.7. The number of aromatic nitrogens is 1. The van der Waals surface area contributed by atoms with Crippen LogP contribution in [0, 0.1) is 17.8 Å². The van der Waals surface area contributed by atoms with Gasteiger partial charge in [-0.15, -0.1) is 0 Å². The Kier molecular flexibility index (Phi) is 9.71. The highest BCUT2D eigenvalue weighted by Gasteiger charge is 2.34. The van der Waals surface area contributed by atoms with Gasteiger partial charge in [0.2, 0.25) is 5.88 Å². The molecular formula is C27H34N4O6. The molecule has 0 aliphatic carbocycles. The van der Waals surface area contributed by atoms with Gasteiger partial charge < -0.3 is 34.4 Å². The van der Waals surface area contributed by atoms with Gasteiger partial charge in [0.1, 0.15) is 24.0 Å². The van der Waals surface area contributed by atoms with Gasteiger partial charge >= 0.3 is 6.03 Å². The number of urea groups is 1. The molecule has 0 unspecified atom stereocenters. The summed E-state index contributed by atoms with van der Waals surface area (Å²) in [6, 6.07) is 7.95. The van der Waals surface area contributed by atoms with Crippen molar-refractivity contribution in [2.24, 2.45) is 5.92 Å². The lowest BCUT2D eigenvalue weighted by Gasteiger charge is -2.37. The lowest BCUT2D eigenvalue weighted by atomic mass is 10.00. The highest BCUT2D eigenvalue weighted by atomic mass is 16.5. The zero-order valence-electron chi connectivity index (χ0n) is 21.9. The predicted octanol–water partition coefficient (Wildman–Crippen LogP) is 2.47. The number of benzene rings is 1. The number of amides is 3. The zero-order valence-corrected chi connectivity index (χ0v) is 21.9. The van der Waals surface area contributed by atoms with Crippen LogP contribution in [0.5, 0.6) is 11.6 Å². The SMILES string of the molecule is COCC#Cc1cnc2c(c1)C(=O)N([C@@H](C)CO)C[C@@H](C)[C@H](CN(C)C(=O)Nc1ccc(OC)cc1)O2. The second-order valence-corrected chi connectivity index (χ2v) is 8.97. The minimum Gasteiger partial charge on any atom is -0.497 e. The molecule has 1 aromatic carbocycles. The molecule has 2 N–H and O–H groups in total. The molecule has 0 saturated carbocycles. The number of hydrogen-bond acceptors (Lipinski definition) is 7. The number of likely N-dealkylation sites (N-methyl/N-ethyl adjacent to an activating group) is 1. The van der Waals surface area contributed by atoms with Crippen molar-refractivity contribution in [1.82, 2.24) is 14.8 Å². The first-order chi connectivity index (χ1) is 17.8. The van der Waals surface area contributed by atoms with Crippen molar-refractivity contribution >= 4 is 17.6 Å². The number of rotatable bonds is 7. The third kappa shape index (κ3) is 7.12. The number of anilines is 1. The van der Waals surface area contributed by atoms with Gasteiger partial charge in [0.25, 0.3) is 5.91 Å². The van der Waals surface area contributed by atoms with E-state index in [1.807, 2.05) is 6.92 Å². The summed E-state index contributed by atoms with van der Waals surface area (Å²) in [7, 11) is 4.81. The molecule has 3 amide bonds. The zero-order chi connectivity index (χ0) is 26.9. The number of methoxy groups -OCH3 is 2. The Morgan fingerprint density at radius 1 is 1.35 bits per heavy atom. The monoisotopic (exact) mass is 510 g/mol. The fourth-order valence-corrected chi connectivity index (χ4v) is 3.84. The van der Waals surface area contributed by atoms with E-state index in [-0.39, 0.29) is 49.1 Å². The van der Waals surface area contributed by atoms with Gasteiger partial charge in [0.05, 0.1) is 26.3 Å². The number of aliphatic hydroxyl groups excluding tert-OH is 1. The Bertz CT molecular complexity index is 1140. The number of aliphatic hydroxyl groups is 1. The molecule has 0 saturated heterocycles. The van der Waals surface area contributed by atoms with Crippen molar-refractivity contribution < 1.29 is 28.9 Å². The van der Waals surface area contributed by atoms with Crippen LogP contribution in [-0.4, -0.2) is 91.5 Å². The summed E-state index contributed by atoms with van der Waals surface area (Å²) in [4.78, 5) is 33.8. The van der Waals surface area contributed by atoms with Gasteiger partial charge in [-0.1, -0.05) is 18.8 Å². The van der Waals surface area contributed by atoms with Crippen molar-refractivity contribution in [1.29, 1.82) is 0 Å². The third-order valence-electron chi connectivity index (χ3n) is 6.11. The normalized spacial score (nSPS) is 17.8. The van der Waals surface area contributed by atoms with Gasteiger partial charge in [-0.25, -0.2) is 9.78 Å². The minimum atomic E-state index is -0.468. The molecule has 1 aliphatic rings. The molecule has 1 aromatic heterocycles. The smallest absolute Gasteiger partial charge is 0.321 e. The number of nitrogens with zero attached hydrogens (tertiary/aromatic N) is 3. The summed E-state index contributed by atoms with van der Waals surface area (Å²) in [6.45, 7) is 4.36. The van der Waals surface area contributed by atoms with E-state index in [1.54, 1.807) is 63.4 Å². The van der Waals surface area contributed by atoms with Gasteiger partial charge in [-0.2, -0.15) is 0 Å². The first kappa shape index (κ1) is 27.8. The first-order valence-electron chi connectivity index (χ1n) is 12.0. The molecule has 0 spiro atoms. The van der Waals surface area contributed by atoms with Crippen molar-refractivity contribution in [2.75, 3.05) is 52.9 Å². The minimum absolute atomic E-state index is 0.162. The van der Waals surface area contributed by atoms with Gasteiger partial charge in [-0.3, -0.25) is 4.79 Å². The second-order valence-electron chi connectivity index (χ2n) is 8.97. The van der Waals surface area contributed by atoms with Crippen LogP contribution in [0.1, 0.15) is 29.8 Å². The summed E-state index contributed by atoms with van der Waals surface area (Å²) < 4.78 is 16.3. The number of pyridine rings is 1. The van der Waals surface area contributed by atoms with E-state index in [9.17, 15) is 14.7 Å². The van der Waals surface area contributed by atoms with Crippen molar-refractivity contribution in [3.63, 3.8) is 0 Å². The third-order valence-corrected chi connectivity index (χ3v) is 6.11. The fourth-order valence-electron chi connectivity index (χ4n) is 3.84. The maximum Gasteiger partial charge on any atom is 0.321 e. The largest absolute Gasteiger partial charge is 0.497 e. The summed E-state index contributed by atoms with van der Waals surface area (Å²) in [5.41, 5.74) is 1.43. The molecule has 10 heteroatoms. The highest BCUT2D eigenvalue weighted by molar-refractivity contribution is 5.97. The van der Waals surface area contributed by atoms with E-state index in [4.69, 9.17) is 14.2 Å². The van der Waals surface area contributed by atoms with Crippen LogP contribution in [0.4, 0.5) is 10.5 Å². The van der Waals surface area contributed by atoms with E-state index in [0.717, 1.165) is 0 Å². The van der Waals surface area contributed by atoms with Gasteiger partial charge in [-0.05, 0) is 37.3 Å². The fraction of sp³-hybridized carbons (Fsp3) is 0.444. The van der Waals surface area contributed by atoms with E-state index in [1.165, 1.54) is 11.1 Å². The Hall–Kier alpha value is -3.81. The van der Waals surface area contributed by atoms with Crippen molar-refractivity contribution in [2.45, 2.75) is 26.0 Å². The van der Waals surface area contributed by atoms with E-state index < -0.39 is 12.1 Å². The standard InChI is InChI=1S/C27H34N4O6/c1-18-15-31(19(2)17-32)26(33)23-13-20(7-6-12-35-4)14-28-25(23)37-24(18)16-30(3)27(34)29-21-8-10-22(36-5)11-9-21/h8-11,13-14,18-19,24,32H,12,15-17H2,1-5H3,(H,29,34)/t18-,19+,24+/m1/s1. The number of nitrogens with one attached hydrogen (secondary N) is 1. The number of ether oxygens (including phenoxy) is 3. The van der Waals surface area contributed by atoms with Gasteiger partial charge in [0, 0.05) is 44.1 Å². The Labute approximate surface area is 217 Å². The molecule has 1 aliphatic heterocycles. The Morgan fingerprint density at radius 2 is 2.08 bits per heavy atom. The topological polar surface area (TPSA) is 113 Å². The molecule has 37 heavy (non-hydrogen) atoms.